The molecule has 0 saturated carbocycles. The predicted molar refractivity (Wildman–Crippen MR) is 129 cm³/mol. The number of thioether (sulfide) groups is 2. The van der Waals surface area contributed by atoms with E-state index in [1.807, 2.05) is 0 Å². The van der Waals surface area contributed by atoms with E-state index in [4.69, 9.17) is 4.42 Å². The van der Waals surface area contributed by atoms with Crippen LogP contribution in [-0.4, -0.2) is 90.9 Å². The number of benzene rings is 1. The lowest BCUT2D eigenvalue weighted by molar-refractivity contribution is -0.151. The van der Waals surface area contributed by atoms with Crippen LogP contribution in [0.15, 0.2) is 51.2 Å². The molecule has 3 amide bonds. The average molecular weight is 534 g/mol. The van der Waals surface area contributed by atoms with Crippen LogP contribution in [0.1, 0.15) is 17.6 Å². The molecule has 0 radical (unpaired) electrons. The quantitative estimate of drug-likeness (QED) is 0.299. The van der Waals surface area contributed by atoms with Crippen LogP contribution in [0.5, 0.6) is 0 Å². The highest BCUT2D eigenvalue weighted by atomic mass is 32.2. The fraction of sp³-hybridized carbons (Fsp3) is 0.364. The summed E-state index contributed by atoms with van der Waals surface area (Å²) < 4.78 is 5.46. The molecule has 3 heterocycles. The maximum Gasteiger partial charge on any atom is 0.352 e. The molecule has 2 aliphatic rings. The van der Waals surface area contributed by atoms with E-state index in [0.29, 0.717) is 16.9 Å². The molecule has 4 rings (SSSR count). The third-order valence-electron chi connectivity index (χ3n) is 5.53. The zero-order chi connectivity index (χ0) is 26.0. The number of hydrogen-bond acceptors (Lipinski definition) is 10. The minimum Gasteiger partial charge on any atom is -0.477 e. The molecule has 12 nitrogen and oxygen atoms in total. The van der Waals surface area contributed by atoms with Gasteiger partial charge in [0.2, 0.25) is 11.8 Å². The number of nitrogens with zero attached hydrogens (tertiary/aromatic N) is 4. The van der Waals surface area contributed by atoms with Gasteiger partial charge in [0.05, 0.1) is 0 Å². The summed E-state index contributed by atoms with van der Waals surface area (Å²) in [6.45, 7) is 0. The molecule has 2 aromatic rings. The normalized spacial score (nSPS) is 19.9. The summed E-state index contributed by atoms with van der Waals surface area (Å²) in [7, 11) is 3.22. The first kappa shape index (κ1) is 25.7. The average Bonchev–Trinajstić information content (AvgIpc) is 3.32. The molecule has 3 N–H and O–H groups in total. The van der Waals surface area contributed by atoms with E-state index in [1.165, 1.54) is 16.7 Å². The number of β-lactam (4-membered cyclic amide) rings is 1. The summed E-state index contributed by atoms with van der Waals surface area (Å²) in [5, 5.41) is 29.9. The van der Waals surface area contributed by atoms with Gasteiger partial charge in [-0.2, -0.15) is 0 Å². The number of fused-ring (bicyclic) bond motifs is 1. The number of carbonyl (C=O) groups excluding carboxylic acids is 3. The Hall–Kier alpha value is -3.36. The van der Waals surface area contributed by atoms with E-state index in [-0.39, 0.29) is 34.9 Å². The first-order valence-corrected chi connectivity index (χ1v) is 12.8. The molecule has 0 aliphatic carbocycles. The van der Waals surface area contributed by atoms with E-state index < -0.39 is 35.3 Å². The van der Waals surface area contributed by atoms with Crippen molar-refractivity contribution in [2.24, 2.45) is 0 Å². The van der Waals surface area contributed by atoms with Crippen LogP contribution >= 0.6 is 23.5 Å². The number of aliphatic carboxylic acids is 1. The maximum atomic E-state index is 12.8. The molecule has 2 aliphatic heterocycles. The molecule has 1 fully saturated rings. The lowest BCUT2D eigenvalue weighted by Gasteiger charge is -2.49. The number of likely N-dealkylation sites (N-methyl/N-ethyl adjacent to an activating group) is 1. The monoisotopic (exact) mass is 533 g/mol. The molecule has 1 aromatic heterocycles. The number of nitrogens with one attached hydrogen (secondary N) is 1. The highest BCUT2D eigenvalue weighted by Crippen LogP contribution is 2.41. The molecule has 1 saturated heterocycles. The summed E-state index contributed by atoms with van der Waals surface area (Å²) in [5.74, 6) is -2.13. The van der Waals surface area contributed by atoms with Crippen LogP contribution in [0.25, 0.3) is 0 Å². The second kappa shape index (κ2) is 10.7. The van der Waals surface area contributed by atoms with E-state index in [2.05, 4.69) is 15.5 Å². The lowest BCUT2D eigenvalue weighted by atomic mass is 10.0. The van der Waals surface area contributed by atoms with Crippen LogP contribution < -0.4 is 5.32 Å². The molecular weight excluding hydrogens is 510 g/mol. The zero-order valence-corrected chi connectivity index (χ0v) is 20.9. The minimum absolute atomic E-state index is 0.0461. The summed E-state index contributed by atoms with van der Waals surface area (Å²) in [6, 6.07) is 7.35. The van der Waals surface area contributed by atoms with Crippen molar-refractivity contribution in [2.45, 2.75) is 29.2 Å². The van der Waals surface area contributed by atoms with Gasteiger partial charge in [-0.15, -0.1) is 22.0 Å². The Morgan fingerprint density at radius 2 is 2.00 bits per heavy atom. The van der Waals surface area contributed by atoms with Crippen LogP contribution in [-0.2, 0) is 25.6 Å². The molecule has 190 valence electrons. The van der Waals surface area contributed by atoms with Crippen molar-refractivity contribution in [1.29, 1.82) is 0 Å². The Balaban J connectivity index is 1.41. The van der Waals surface area contributed by atoms with Crippen LogP contribution in [0.4, 0.5) is 0 Å². The molecule has 0 bridgehead atoms. The standard InChI is InChI=1S/C22H23N5O7S2/c1-26(2)14(28)8-13-24-25-22(34-13)36-10-12-9-35-20-15(19(31)27(20)16(12)21(32)33)23-18(30)17(29)11-6-4-3-5-7-11/h3-7,15,17,20,29H,8-10H2,1-2H3,(H,23,30)(H,32,33)/t15?,17-,20-/m1/s1. The minimum atomic E-state index is -1.45. The number of aromatic nitrogens is 2. The topological polar surface area (TPSA) is 166 Å². The van der Waals surface area contributed by atoms with Gasteiger partial charge in [0, 0.05) is 25.6 Å². The zero-order valence-electron chi connectivity index (χ0n) is 19.3. The van der Waals surface area contributed by atoms with Crippen LogP contribution in [0, 0.1) is 0 Å². The number of hydrogen-bond donors (Lipinski definition) is 3. The summed E-state index contributed by atoms with van der Waals surface area (Å²) in [6.07, 6.45) is -1.49. The Morgan fingerprint density at radius 1 is 1.28 bits per heavy atom. The molecule has 1 aromatic carbocycles. The third-order valence-corrected chi connectivity index (χ3v) is 7.78. The smallest absolute Gasteiger partial charge is 0.352 e. The van der Waals surface area contributed by atoms with Crippen molar-refractivity contribution in [3.63, 3.8) is 0 Å². The van der Waals surface area contributed by atoms with Gasteiger partial charge in [-0.3, -0.25) is 19.3 Å². The number of carboxylic acid groups (broad SMARTS) is 1. The summed E-state index contributed by atoms with van der Waals surface area (Å²) in [5.41, 5.74) is 0.726. The van der Waals surface area contributed by atoms with Crippen molar-refractivity contribution >= 4 is 47.2 Å². The Morgan fingerprint density at radius 3 is 2.67 bits per heavy atom. The van der Waals surface area contributed by atoms with Gasteiger partial charge in [-0.25, -0.2) is 4.79 Å². The van der Waals surface area contributed by atoms with Gasteiger partial charge in [0.25, 0.3) is 17.0 Å². The number of rotatable bonds is 9. The lowest BCUT2D eigenvalue weighted by Crippen LogP contribution is -2.70. The summed E-state index contributed by atoms with van der Waals surface area (Å²) in [4.78, 5) is 51.7. The number of aliphatic hydroxyl groups is 1. The third kappa shape index (κ3) is 5.24. The molecule has 0 spiro atoms. The Labute approximate surface area is 214 Å². The van der Waals surface area contributed by atoms with E-state index in [9.17, 15) is 29.4 Å². The Bertz CT molecular complexity index is 1220. The van der Waals surface area contributed by atoms with E-state index in [1.54, 1.807) is 44.4 Å². The van der Waals surface area contributed by atoms with Crippen LogP contribution in [0.2, 0.25) is 0 Å². The number of amides is 3. The highest BCUT2D eigenvalue weighted by molar-refractivity contribution is 8.01. The SMILES string of the molecule is CN(C)C(=O)Cc1nnc(SCC2=C(C(=O)O)N3C(=O)C(NC(=O)[C@H](O)c4ccccc4)[C@H]3SC2)o1. The number of carbonyl (C=O) groups is 4. The van der Waals surface area contributed by atoms with Crippen molar-refractivity contribution in [1.82, 2.24) is 25.3 Å². The fourth-order valence-electron chi connectivity index (χ4n) is 3.62. The predicted octanol–water partition coefficient (Wildman–Crippen LogP) is 0.265. The van der Waals surface area contributed by atoms with Gasteiger partial charge >= 0.3 is 5.97 Å². The molecule has 14 heteroatoms. The van der Waals surface area contributed by atoms with Crippen molar-refractivity contribution in [3.05, 3.63) is 53.1 Å². The first-order valence-electron chi connectivity index (χ1n) is 10.8. The molecular formula is C22H23N5O7S2. The van der Waals surface area contributed by atoms with Gasteiger partial charge < -0.3 is 24.8 Å². The van der Waals surface area contributed by atoms with E-state index in [0.717, 1.165) is 16.7 Å². The van der Waals surface area contributed by atoms with Gasteiger partial charge in [-0.1, -0.05) is 42.1 Å². The molecule has 36 heavy (non-hydrogen) atoms. The first-order chi connectivity index (χ1) is 17.2. The van der Waals surface area contributed by atoms with Gasteiger partial charge in [0.15, 0.2) is 6.10 Å². The van der Waals surface area contributed by atoms with Crippen LogP contribution in [0.3, 0.4) is 0 Å². The second-order valence-electron chi connectivity index (χ2n) is 8.18. The highest BCUT2D eigenvalue weighted by Gasteiger charge is 2.54. The number of carboxylic acids is 1. The van der Waals surface area contributed by atoms with E-state index >= 15 is 0 Å². The number of aliphatic hydroxyl groups excluding tert-OH is 1. The second-order valence-corrected chi connectivity index (χ2v) is 10.2. The van der Waals surface area contributed by atoms with Crippen molar-refractivity contribution < 1.29 is 33.8 Å². The molecule has 1 unspecified atom stereocenters. The summed E-state index contributed by atoms with van der Waals surface area (Å²) >= 11 is 2.42. The van der Waals surface area contributed by atoms with Gasteiger partial charge in [0.1, 0.15) is 23.5 Å². The maximum absolute atomic E-state index is 12.8. The van der Waals surface area contributed by atoms with Crippen molar-refractivity contribution in [2.75, 3.05) is 25.6 Å². The Kier molecular flexibility index (Phi) is 7.66. The van der Waals surface area contributed by atoms with Crippen molar-refractivity contribution in [3.8, 4) is 0 Å². The largest absolute Gasteiger partial charge is 0.477 e. The van der Waals surface area contributed by atoms with Gasteiger partial charge in [-0.05, 0) is 11.1 Å². The molecule has 3 atom stereocenters. The fourth-order valence-corrected chi connectivity index (χ4v) is 5.88.